The van der Waals surface area contributed by atoms with Crippen molar-refractivity contribution in [1.29, 1.82) is 0 Å². The van der Waals surface area contributed by atoms with Crippen molar-refractivity contribution in [2.24, 2.45) is 4.99 Å². The first-order chi connectivity index (χ1) is 13.7. The predicted molar refractivity (Wildman–Crippen MR) is 116 cm³/mol. The number of furan rings is 1. The van der Waals surface area contributed by atoms with E-state index in [1.54, 1.807) is 0 Å². The fourth-order valence-corrected chi connectivity index (χ4v) is 3.47. The second kappa shape index (κ2) is 8.44. The largest absolute Gasteiger partial charge is 0.464 e. The molecule has 0 spiro atoms. The van der Waals surface area contributed by atoms with Crippen LogP contribution in [0, 0.1) is 0 Å². The van der Waals surface area contributed by atoms with Crippen molar-refractivity contribution in [3.8, 4) is 22.5 Å². The van der Waals surface area contributed by atoms with Gasteiger partial charge in [-0.3, -0.25) is 4.99 Å². The van der Waals surface area contributed by atoms with Gasteiger partial charge < -0.3 is 15.1 Å². The Balaban J connectivity index is 1.48. The Labute approximate surface area is 166 Å². The summed E-state index contributed by atoms with van der Waals surface area (Å²) in [4.78, 5) is 4.47. The third-order valence-corrected chi connectivity index (χ3v) is 5.16. The van der Waals surface area contributed by atoms with E-state index in [-0.39, 0.29) is 0 Å². The molecule has 2 aromatic carbocycles. The molecule has 2 heterocycles. The normalized spacial score (nSPS) is 14.6. The van der Waals surface area contributed by atoms with Gasteiger partial charge in [-0.1, -0.05) is 55.5 Å². The van der Waals surface area contributed by atoms with Gasteiger partial charge in [0, 0.05) is 29.3 Å². The Bertz CT molecular complexity index is 939. The maximum atomic E-state index is 5.85. The van der Waals surface area contributed by atoms with Gasteiger partial charge in [-0.25, -0.2) is 0 Å². The summed E-state index contributed by atoms with van der Waals surface area (Å²) in [5.41, 5.74) is 5.75. The Morgan fingerprint density at radius 3 is 2.39 bits per heavy atom. The average Bonchev–Trinajstić information content (AvgIpc) is 3.44. The van der Waals surface area contributed by atoms with Crippen LogP contribution < -0.4 is 10.6 Å². The molecule has 4 heteroatoms. The van der Waals surface area contributed by atoms with Crippen LogP contribution in [0.15, 0.2) is 70.3 Å². The van der Waals surface area contributed by atoms with E-state index in [0.29, 0.717) is 6.04 Å². The predicted octanol–water partition coefficient (Wildman–Crippen LogP) is 5.02. The Hall–Kier alpha value is -2.85. The van der Waals surface area contributed by atoms with Crippen molar-refractivity contribution in [1.82, 2.24) is 10.6 Å². The minimum atomic E-state index is 0.360. The molecule has 0 bridgehead atoms. The molecule has 0 saturated carbocycles. The molecule has 4 nitrogen and oxygen atoms in total. The van der Waals surface area contributed by atoms with E-state index in [9.17, 15) is 0 Å². The zero-order chi connectivity index (χ0) is 19.3. The highest BCUT2D eigenvalue weighted by molar-refractivity contribution is 6.00. The molecule has 0 amide bonds. The van der Waals surface area contributed by atoms with Crippen molar-refractivity contribution in [2.45, 2.75) is 26.3 Å². The standard InChI is InChI=1S/C24H27N3O/c1-3-12-25-17(2)18-4-8-20(9-5-18)23-15-22(16-28-23)19-6-10-21(11-7-19)24-26-13-14-27-24/h4-11,15-17,25H,3,12-14H2,1-2H3,(H,26,27). The van der Waals surface area contributed by atoms with Gasteiger partial charge in [0.05, 0.1) is 12.8 Å². The third-order valence-electron chi connectivity index (χ3n) is 5.16. The topological polar surface area (TPSA) is 49.6 Å². The van der Waals surface area contributed by atoms with Crippen LogP contribution in [0.1, 0.15) is 37.4 Å². The molecule has 2 N–H and O–H groups in total. The number of benzene rings is 2. The highest BCUT2D eigenvalue weighted by Gasteiger charge is 2.11. The molecule has 0 radical (unpaired) electrons. The molecular weight excluding hydrogens is 346 g/mol. The van der Waals surface area contributed by atoms with Gasteiger partial charge in [-0.2, -0.15) is 0 Å². The number of aliphatic imine (C=N–C) groups is 1. The van der Waals surface area contributed by atoms with Gasteiger partial charge in [0.1, 0.15) is 11.6 Å². The summed E-state index contributed by atoms with van der Waals surface area (Å²) in [5.74, 6) is 1.88. The molecule has 0 saturated heterocycles. The quantitative estimate of drug-likeness (QED) is 0.611. The van der Waals surface area contributed by atoms with Crippen LogP contribution in [0.25, 0.3) is 22.5 Å². The van der Waals surface area contributed by atoms with Crippen LogP contribution in [0.5, 0.6) is 0 Å². The first kappa shape index (κ1) is 18.5. The van der Waals surface area contributed by atoms with Gasteiger partial charge >= 0.3 is 0 Å². The molecule has 28 heavy (non-hydrogen) atoms. The van der Waals surface area contributed by atoms with Crippen molar-refractivity contribution in [2.75, 3.05) is 19.6 Å². The van der Waals surface area contributed by atoms with Crippen LogP contribution in [0.3, 0.4) is 0 Å². The fraction of sp³-hybridized carbons (Fsp3) is 0.292. The average molecular weight is 374 g/mol. The summed E-state index contributed by atoms with van der Waals surface area (Å²) in [6.07, 6.45) is 2.97. The van der Waals surface area contributed by atoms with E-state index in [2.05, 4.69) is 84.1 Å². The maximum Gasteiger partial charge on any atom is 0.134 e. The molecular formula is C24H27N3O. The molecule has 0 aliphatic carbocycles. The Morgan fingerprint density at radius 1 is 1.00 bits per heavy atom. The molecule has 1 aliphatic heterocycles. The van der Waals surface area contributed by atoms with Gasteiger partial charge in [0.15, 0.2) is 0 Å². The lowest BCUT2D eigenvalue weighted by Gasteiger charge is -2.13. The fourth-order valence-electron chi connectivity index (χ4n) is 3.47. The van der Waals surface area contributed by atoms with Gasteiger partial charge in [0.25, 0.3) is 0 Å². The van der Waals surface area contributed by atoms with E-state index < -0.39 is 0 Å². The highest BCUT2D eigenvalue weighted by Crippen LogP contribution is 2.29. The van der Waals surface area contributed by atoms with Crippen LogP contribution in [0.4, 0.5) is 0 Å². The van der Waals surface area contributed by atoms with Crippen molar-refractivity contribution >= 4 is 5.84 Å². The van der Waals surface area contributed by atoms with Crippen LogP contribution >= 0.6 is 0 Å². The molecule has 4 rings (SSSR count). The number of amidine groups is 1. The molecule has 1 atom stereocenters. The zero-order valence-electron chi connectivity index (χ0n) is 16.5. The number of hydrogen-bond donors (Lipinski definition) is 2. The summed E-state index contributed by atoms with van der Waals surface area (Å²) in [6.45, 7) is 7.20. The van der Waals surface area contributed by atoms with E-state index in [1.807, 2.05) is 6.26 Å². The maximum absolute atomic E-state index is 5.85. The monoisotopic (exact) mass is 373 g/mol. The van der Waals surface area contributed by atoms with Crippen LogP contribution in [-0.4, -0.2) is 25.5 Å². The third kappa shape index (κ3) is 4.02. The molecule has 1 aromatic heterocycles. The summed E-state index contributed by atoms with van der Waals surface area (Å²) in [6, 6.07) is 19.5. The number of hydrogen-bond acceptors (Lipinski definition) is 4. The van der Waals surface area contributed by atoms with E-state index in [0.717, 1.165) is 59.9 Å². The molecule has 1 unspecified atom stereocenters. The number of nitrogens with zero attached hydrogens (tertiary/aromatic N) is 1. The smallest absolute Gasteiger partial charge is 0.134 e. The van der Waals surface area contributed by atoms with E-state index in [4.69, 9.17) is 4.42 Å². The summed E-state index contributed by atoms with van der Waals surface area (Å²) < 4.78 is 5.85. The first-order valence-electron chi connectivity index (χ1n) is 10.1. The van der Waals surface area contributed by atoms with Crippen molar-refractivity contribution in [3.63, 3.8) is 0 Å². The van der Waals surface area contributed by atoms with Crippen LogP contribution in [0.2, 0.25) is 0 Å². The van der Waals surface area contributed by atoms with Crippen molar-refractivity contribution in [3.05, 3.63) is 72.0 Å². The lowest BCUT2D eigenvalue weighted by Crippen LogP contribution is -2.19. The number of rotatable bonds is 7. The lowest BCUT2D eigenvalue weighted by molar-refractivity contribution is 0.570. The SMILES string of the molecule is CCCNC(C)c1ccc(-c2cc(-c3ccc(C4=NCCN4)cc3)co2)cc1. The first-order valence-corrected chi connectivity index (χ1v) is 10.1. The Kier molecular flexibility index (Phi) is 5.58. The molecule has 144 valence electrons. The highest BCUT2D eigenvalue weighted by atomic mass is 16.3. The van der Waals surface area contributed by atoms with E-state index >= 15 is 0 Å². The molecule has 3 aromatic rings. The summed E-state index contributed by atoms with van der Waals surface area (Å²) in [7, 11) is 0. The molecule has 1 aliphatic rings. The lowest BCUT2D eigenvalue weighted by atomic mass is 10.0. The van der Waals surface area contributed by atoms with Gasteiger partial charge in [0.2, 0.25) is 0 Å². The van der Waals surface area contributed by atoms with Crippen molar-refractivity contribution < 1.29 is 4.42 Å². The van der Waals surface area contributed by atoms with Crippen LogP contribution in [-0.2, 0) is 0 Å². The zero-order valence-corrected chi connectivity index (χ0v) is 16.5. The second-order valence-corrected chi connectivity index (χ2v) is 7.23. The summed E-state index contributed by atoms with van der Waals surface area (Å²) in [5, 5.41) is 6.83. The van der Waals surface area contributed by atoms with Gasteiger partial charge in [-0.05, 0) is 37.1 Å². The van der Waals surface area contributed by atoms with E-state index in [1.165, 1.54) is 5.56 Å². The minimum Gasteiger partial charge on any atom is -0.464 e. The second-order valence-electron chi connectivity index (χ2n) is 7.23. The van der Waals surface area contributed by atoms with Gasteiger partial charge in [-0.15, -0.1) is 0 Å². The molecule has 0 fully saturated rings. The summed E-state index contributed by atoms with van der Waals surface area (Å²) >= 11 is 0. The number of nitrogens with one attached hydrogen (secondary N) is 2. The minimum absolute atomic E-state index is 0.360. The Morgan fingerprint density at radius 2 is 1.71 bits per heavy atom.